The highest BCUT2D eigenvalue weighted by molar-refractivity contribution is 5.56. The Morgan fingerprint density at radius 1 is 1.21 bits per heavy atom. The first-order chi connectivity index (χ1) is 6.16. The first-order valence-electron chi connectivity index (χ1n) is 5.06. The molecular formula is C12H24N2. The van der Waals surface area contributed by atoms with Gasteiger partial charge in [-0.15, -0.1) is 0 Å². The summed E-state index contributed by atoms with van der Waals surface area (Å²) in [5.41, 5.74) is 0.309. The molecule has 2 nitrogen and oxygen atoms in total. The highest BCUT2D eigenvalue weighted by Crippen LogP contribution is 2.29. The standard InChI is InChI=1S/C12H24N2/c1-8-14(7)10-13-12(5,6)9-11(2,3)4/h8,10H,1,9H2,2-7H3. The predicted octanol–water partition coefficient (Wildman–Crippen LogP) is 3.30. The van der Waals surface area contributed by atoms with Crippen molar-refractivity contribution < 1.29 is 0 Å². The van der Waals surface area contributed by atoms with Crippen LogP contribution < -0.4 is 0 Å². The van der Waals surface area contributed by atoms with Crippen LogP contribution in [0.25, 0.3) is 0 Å². The second-order valence-electron chi connectivity index (χ2n) is 5.64. The van der Waals surface area contributed by atoms with E-state index in [1.54, 1.807) is 6.20 Å². The summed E-state index contributed by atoms with van der Waals surface area (Å²) < 4.78 is 0. The Kier molecular flexibility index (Phi) is 4.37. The SMILES string of the molecule is C=CN(C)C=NC(C)(C)CC(C)(C)C. The number of rotatable bonds is 4. The summed E-state index contributed by atoms with van der Waals surface area (Å²) in [7, 11) is 1.93. The van der Waals surface area contributed by atoms with Crippen molar-refractivity contribution in [1.82, 2.24) is 4.90 Å². The van der Waals surface area contributed by atoms with Gasteiger partial charge in [-0.1, -0.05) is 27.4 Å². The van der Waals surface area contributed by atoms with E-state index in [0.717, 1.165) is 6.42 Å². The summed E-state index contributed by atoms with van der Waals surface area (Å²) in [5.74, 6) is 0. The average molecular weight is 196 g/mol. The van der Waals surface area contributed by atoms with Crippen molar-refractivity contribution >= 4 is 6.34 Å². The Morgan fingerprint density at radius 2 is 1.71 bits per heavy atom. The van der Waals surface area contributed by atoms with E-state index in [1.807, 2.05) is 18.3 Å². The van der Waals surface area contributed by atoms with Gasteiger partial charge < -0.3 is 4.90 Å². The van der Waals surface area contributed by atoms with Gasteiger partial charge in [0.2, 0.25) is 0 Å². The molecule has 0 amide bonds. The zero-order valence-corrected chi connectivity index (χ0v) is 10.5. The van der Waals surface area contributed by atoms with E-state index in [9.17, 15) is 0 Å². The van der Waals surface area contributed by atoms with Crippen LogP contribution in [0.5, 0.6) is 0 Å². The maximum absolute atomic E-state index is 4.54. The minimum Gasteiger partial charge on any atom is -0.343 e. The molecule has 0 bridgehead atoms. The molecule has 2 heteroatoms. The van der Waals surface area contributed by atoms with Crippen molar-refractivity contribution in [2.24, 2.45) is 10.4 Å². The fraction of sp³-hybridized carbons (Fsp3) is 0.750. The highest BCUT2D eigenvalue weighted by atomic mass is 15.1. The largest absolute Gasteiger partial charge is 0.343 e. The van der Waals surface area contributed by atoms with Gasteiger partial charge >= 0.3 is 0 Å². The molecule has 0 N–H and O–H groups in total. The molecule has 0 saturated carbocycles. The Labute approximate surface area is 88.7 Å². The maximum atomic E-state index is 4.54. The van der Waals surface area contributed by atoms with Gasteiger partial charge in [-0.2, -0.15) is 0 Å². The summed E-state index contributed by atoms with van der Waals surface area (Å²) in [4.78, 5) is 6.41. The third-order valence-electron chi connectivity index (χ3n) is 1.84. The van der Waals surface area contributed by atoms with Crippen molar-refractivity contribution in [3.8, 4) is 0 Å². The normalized spacial score (nSPS) is 13.3. The first-order valence-corrected chi connectivity index (χ1v) is 5.06. The van der Waals surface area contributed by atoms with E-state index in [2.05, 4.69) is 46.2 Å². The van der Waals surface area contributed by atoms with E-state index in [1.165, 1.54) is 0 Å². The van der Waals surface area contributed by atoms with Crippen LogP contribution in [0.4, 0.5) is 0 Å². The summed E-state index contributed by atoms with van der Waals surface area (Å²) >= 11 is 0. The molecule has 14 heavy (non-hydrogen) atoms. The third kappa shape index (κ3) is 6.70. The fourth-order valence-corrected chi connectivity index (χ4v) is 1.64. The van der Waals surface area contributed by atoms with Crippen LogP contribution in [0.3, 0.4) is 0 Å². The van der Waals surface area contributed by atoms with Crippen LogP contribution in [-0.4, -0.2) is 23.8 Å². The lowest BCUT2D eigenvalue weighted by molar-refractivity contribution is 0.288. The Bertz CT molecular complexity index is 209. The minimum atomic E-state index is -0.00444. The van der Waals surface area contributed by atoms with Crippen LogP contribution in [-0.2, 0) is 0 Å². The van der Waals surface area contributed by atoms with Gasteiger partial charge in [-0.3, -0.25) is 4.99 Å². The second-order valence-corrected chi connectivity index (χ2v) is 5.64. The lowest BCUT2D eigenvalue weighted by Gasteiger charge is -2.29. The summed E-state index contributed by atoms with van der Waals surface area (Å²) in [6.45, 7) is 14.7. The van der Waals surface area contributed by atoms with Gasteiger partial charge in [-0.05, 0) is 31.9 Å². The minimum absolute atomic E-state index is 0.00444. The third-order valence-corrected chi connectivity index (χ3v) is 1.84. The van der Waals surface area contributed by atoms with Crippen molar-refractivity contribution in [1.29, 1.82) is 0 Å². The lowest BCUT2D eigenvalue weighted by atomic mass is 9.82. The highest BCUT2D eigenvalue weighted by Gasteiger charge is 2.24. The molecule has 0 atom stereocenters. The molecule has 0 fully saturated rings. The monoisotopic (exact) mass is 196 g/mol. The van der Waals surface area contributed by atoms with E-state index in [4.69, 9.17) is 0 Å². The number of hydrogen-bond donors (Lipinski definition) is 0. The summed E-state index contributed by atoms with van der Waals surface area (Å²) in [5, 5.41) is 0. The van der Waals surface area contributed by atoms with E-state index >= 15 is 0 Å². The van der Waals surface area contributed by atoms with Crippen molar-refractivity contribution in [2.45, 2.75) is 46.6 Å². The Hall–Kier alpha value is -0.790. The summed E-state index contributed by atoms with van der Waals surface area (Å²) in [6.07, 6.45) is 4.65. The molecule has 0 aromatic rings. The Morgan fingerprint density at radius 3 is 2.07 bits per heavy atom. The molecule has 0 aliphatic heterocycles. The van der Waals surface area contributed by atoms with Crippen molar-refractivity contribution in [3.63, 3.8) is 0 Å². The van der Waals surface area contributed by atoms with Gasteiger partial charge in [0.1, 0.15) is 0 Å². The van der Waals surface area contributed by atoms with E-state index < -0.39 is 0 Å². The molecule has 0 saturated heterocycles. The van der Waals surface area contributed by atoms with Crippen LogP contribution in [0.15, 0.2) is 17.8 Å². The van der Waals surface area contributed by atoms with Crippen molar-refractivity contribution in [3.05, 3.63) is 12.8 Å². The molecule has 0 rings (SSSR count). The zero-order valence-electron chi connectivity index (χ0n) is 10.5. The summed E-state index contributed by atoms with van der Waals surface area (Å²) in [6, 6.07) is 0. The maximum Gasteiger partial charge on any atom is 0.0893 e. The smallest absolute Gasteiger partial charge is 0.0893 e. The topological polar surface area (TPSA) is 15.6 Å². The molecule has 0 spiro atoms. The molecule has 82 valence electrons. The van der Waals surface area contributed by atoms with Crippen LogP contribution in [0.1, 0.15) is 41.0 Å². The van der Waals surface area contributed by atoms with Crippen LogP contribution >= 0.6 is 0 Å². The molecule has 0 aromatic heterocycles. The Balaban J connectivity index is 4.33. The first kappa shape index (κ1) is 13.2. The van der Waals surface area contributed by atoms with Gasteiger partial charge in [0, 0.05) is 7.05 Å². The van der Waals surface area contributed by atoms with Gasteiger partial charge in [0.15, 0.2) is 0 Å². The molecule has 0 radical (unpaired) electrons. The molecule has 0 unspecified atom stereocenters. The number of aliphatic imine (C=N–C) groups is 1. The number of hydrogen-bond acceptors (Lipinski definition) is 1. The van der Waals surface area contributed by atoms with Gasteiger partial charge in [0.25, 0.3) is 0 Å². The van der Waals surface area contributed by atoms with Gasteiger partial charge in [-0.25, -0.2) is 0 Å². The van der Waals surface area contributed by atoms with E-state index in [0.29, 0.717) is 5.41 Å². The predicted molar refractivity (Wildman–Crippen MR) is 64.6 cm³/mol. The second kappa shape index (κ2) is 4.63. The molecule has 0 aliphatic rings. The zero-order chi connectivity index (χ0) is 11.4. The molecule has 0 aromatic carbocycles. The van der Waals surface area contributed by atoms with Crippen LogP contribution in [0, 0.1) is 5.41 Å². The molecule has 0 heterocycles. The van der Waals surface area contributed by atoms with Crippen LogP contribution in [0.2, 0.25) is 0 Å². The van der Waals surface area contributed by atoms with E-state index in [-0.39, 0.29) is 5.54 Å². The number of nitrogens with zero attached hydrogens (tertiary/aromatic N) is 2. The molecule has 0 aliphatic carbocycles. The average Bonchev–Trinajstić information content (AvgIpc) is 1.96. The van der Waals surface area contributed by atoms with Gasteiger partial charge in [0.05, 0.1) is 11.9 Å². The lowest BCUT2D eigenvalue weighted by Crippen LogP contribution is -2.26. The fourth-order valence-electron chi connectivity index (χ4n) is 1.64. The quantitative estimate of drug-likeness (QED) is 0.497. The van der Waals surface area contributed by atoms with Crippen molar-refractivity contribution in [2.75, 3.05) is 7.05 Å². The molecular weight excluding hydrogens is 172 g/mol.